The molecule has 9 nitrogen and oxygen atoms in total. The van der Waals surface area contributed by atoms with Crippen molar-refractivity contribution in [3.05, 3.63) is 78.1 Å². The second kappa shape index (κ2) is 13.3. The van der Waals surface area contributed by atoms with Crippen molar-refractivity contribution in [1.29, 1.82) is 0 Å². The second-order valence-corrected chi connectivity index (χ2v) is 10.2. The van der Waals surface area contributed by atoms with Gasteiger partial charge < -0.3 is 15.2 Å². The van der Waals surface area contributed by atoms with Crippen molar-refractivity contribution < 1.29 is 10.0 Å². The van der Waals surface area contributed by atoms with Crippen molar-refractivity contribution in [1.82, 2.24) is 30.2 Å². The first kappa shape index (κ1) is 26.8. The van der Waals surface area contributed by atoms with E-state index in [1.54, 1.807) is 11.8 Å². The van der Waals surface area contributed by atoms with Gasteiger partial charge in [0.15, 0.2) is 0 Å². The summed E-state index contributed by atoms with van der Waals surface area (Å²) < 4.78 is 0. The van der Waals surface area contributed by atoms with Gasteiger partial charge in [-0.25, -0.2) is 15.4 Å². The zero-order valence-electron chi connectivity index (χ0n) is 22.3. The molecule has 0 spiro atoms. The number of H-pyrrole nitrogens is 1. The van der Waals surface area contributed by atoms with Crippen LogP contribution in [-0.4, -0.2) is 68.6 Å². The van der Waals surface area contributed by atoms with Crippen molar-refractivity contribution in [2.75, 3.05) is 38.0 Å². The maximum atomic E-state index is 11.1. The molecule has 0 aliphatic carbocycles. The van der Waals surface area contributed by atoms with Crippen LogP contribution in [0.5, 0.6) is 0 Å². The van der Waals surface area contributed by atoms with E-state index in [2.05, 4.69) is 72.5 Å². The van der Waals surface area contributed by atoms with Crippen LogP contribution in [0, 0.1) is 0 Å². The van der Waals surface area contributed by atoms with E-state index in [0.29, 0.717) is 13.0 Å². The molecule has 0 bridgehead atoms. The number of carbonyl (C=O) groups is 1. The molecule has 2 aromatic carbocycles. The number of benzene rings is 2. The van der Waals surface area contributed by atoms with Crippen LogP contribution >= 0.6 is 0 Å². The van der Waals surface area contributed by atoms with Gasteiger partial charge >= 0.3 is 0 Å². The van der Waals surface area contributed by atoms with Crippen molar-refractivity contribution in [2.24, 2.45) is 0 Å². The Bertz CT molecular complexity index is 1330. The number of nitrogens with one attached hydrogen (secondary N) is 3. The van der Waals surface area contributed by atoms with Gasteiger partial charge in [0.25, 0.3) is 0 Å². The predicted molar refractivity (Wildman–Crippen MR) is 153 cm³/mol. The molecule has 1 aliphatic heterocycles. The fourth-order valence-corrected chi connectivity index (χ4v) is 5.09. The summed E-state index contributed by atoms with van der Waals surface area (Å²) in [7, 11) is 0. The second-order valence-electron chi connectivity index (χ2n) is 10.2. The maximum Gasteiger partial charge on any atom is 0.243 e. The van der Waals surface area contributed by atoms with E-state index in [-0.39, 0.29) is 5.91 Å². The molecule has 9 heteroatoms. The predicted octanol–water partition coefficient (Wildman–Crippen LogP) is 4.42. The molecule has 4 N–H and O–H groups in total. The minimum Gasteiger partial charge on any atom is -0.365 e. The first-order valence-corrected chi connectivity index (χ1v) is 13.8. The number of aromatic amines is 1. The highest BCUT2D eigenvalue weighted by atomic mass is 16.5. The summed E-state index contributed by atoms with van der Waals surface area (Å²) in [5, 5.41) is 13.0. The highest BCUT2D eigenvalue weighted by Gasteiger charge is 2.17. The Morgan fingerprint density at radius 3 is 2.44 bits per heavy atom. The number of rotatable bonds is 12. The molecule has 4 aromatic rings. The van der Waals surface area contributed by atoms with Crippen molar-refractivity contribution >= 4 is 22.8 Å². The molecule has 204 valence electrons. The molecular weight excluding hydrogens is 490 g/mol. The number of unbranched alkanes of at least 4 members (excludes halogenated alkanes) is 2. The van der Waals surface area contributed by atoms with Crippen LogP contribution in [0.2, 0.25) is 0 Å². The van der Waals surface area contributed by atoms with E-state index in [4.69, 9.17) is 5.21 Å². The Balaban J connectivity index is 1.10. The monoisotopic (exact) mass is 527 g/mol. The highest BCUT2D eigenvalue weighted by Crippen LogP contribution is 2.27. The Morgan fingerprint density at radius 2 is 1.67 bits per heavy atom. The lowest BCUT2D eigenvalue weighted by molar-refractivity contribution is -0.129. The number of carbonyl (C=O) groups excluding carboxylic acids is 1. The molecule has 0 saturated carbocycles. The third-order valence-corrected chi connectivity index (χ3v) is 7.37. The van der Waals surface area contributed by atoms with Crippen molar-refractivity contribution in [2.45, 2.75) is 38.8 Å². The molecule has 0 radical (unpaired) electrons. The van der Waals surface area contributed by atoms with Gasteiger partial charge in [-0.15, -0.1) is 0 Å². The van der Waals surface area contributed by atoms with Gasteiger partial charge in [0.05, 0.1) is 5.39 Å². The first-order chi connectivity index (χ1) is 19.2. The molecule has 0 unspecified atom stereocenters. The molecule has 1 fully saturated rings. The molecule has 2 aromatic heterocycles. The minimum atomic E-state index is -0.298. The van der Waals surface area contributed by atoms with E-state index in [1.165, 1.54) is 11.1 Å². The summed E-state index contributed by atoms with van der Waals surface area (Å²) in [6.07, 6.45) is 4.90. The number of anilines is 1. The fraction of sp³-hybridized carbons (Fsp3) is 0.367. The van der Waals surface area contributed by atoms with E-state index < -0.39 is 0 Å². The number of hydrogen-bond donors (Lipinski definition) is 4. The number of fused-ring (bicyclic) bond motifs is 1. The first-order valence-electron chi connectivity index (χ1n) is 13.8. The zero-order chi connectivity index (χ0) is 26.9. The van der Waals surface area contributed by atoms with Gasteiger partial charge in [0, 0.05) is 51.4 Å². The number of piperazine rings is 1. The van der Waals surface area contributed by atoms with E-state index in [1.807, 2.05) is 18.2 Å². The van der Waals surface area contributed by atoms with Crippen LogP contribution in [0.15, 0.2) is 67.0 Å². The van der Waals surface area contributed by atoms with Crippen LogP contribution in [0.3, 0.4) is 0 Å². The van der Waals surface area contributed by atoms with Gasteiger partial charge in [-0.05, 0) is 42.1 Å². The molecular formula is C30H37N7O2. The fourth-order valence-electron chi connectivity index (χ4n) is 5.09. The SMILES string of the molecule is O=C(CCCCCN1CCN(Cc2ccc(-c3cc4c(NCc5ccccc5)ncnc4[nH]3)cc2)CC1)NO. The quantitative estimate of drug-likeness (QED) is 0.123. The largest absolute Gasteiger partial charge is 0.365 e. The number of amides is 1. The molecule has 3 heterocycles. The van der Waals surface area contributed by atoms with Gasteiger partial charge in [-0.2, -0.15) is 0 Å². The average molecular weight is 528 g/mol. The Kier molecular flexibility index (Phi) is 9.16. The number of hydrogen-bond acceptors (Lipinski definition) is 7. The summed E-state index contributed by atoms with van der Waals surface area (Å²) >= 11 is 0. The molecule has 0 atom stereocenters. The summed E-state index contributed by atoms with van der Waals surface area (Å²) in [6.45, 7) is 7.01. The van der Waals surface area contributed by atoms with Gasteiger partial charge in [0.2, 0.25) is 5.91 Å². The number of nitrogens with zero attached hydrogens (tertiary/aromatic N) is 4. The maximum absolute atomic E-state index is 11.1. The normalized spacial score (nSPS) is 14.5. The lowest BCUT2D eigenvalue weighted by Gasteiger charge is -2.34. The van der Waals surface area contributed by atoms with Crippen LogP contribution in [-0.2, 0) is 17.9 Å². The smallest absolute Gasteiger partial charge is 0.243 e. The summed E-state index contributed by atoms with van der Waals surface area (Å²) in [4.78, 5) is 28.5. The summed E-state index contributed by atoms with van der Waals surface area (Å²) in [5.74, 6) is 0.532. The van der Waals surface area contributed by atoms with Gasteiger partial charge in [0.1, 0.15) is 17.8 Å². The summed E-state index contributed by atoms with van der Waals surface area (Å²) in [6, 6.07) is 21.2. The van der Waals surface area contributed by atoms with E-state index >= 15 is 0 Å². The average Bonchev–Trinajstić information content (AvgIpc) is 3.43. The van der Waals surface area contributed by atoms with Crippen molar-refractivity contribution in [3.63, 3.8) is 0 Å². The van der Waals surface area contributed by atoms with E-state index in [0.717, 1.165) is 86.6 Å². The molecule has 1 saturated heterocycles. The highest BCUT2D eigenvalue weighted by molar-refractivity contribution is 5.91. The standard InChI is InChI=1S/C30H37N7O2/c38-28(35-39)9-5-2-6-14-36-15-17-37(18-16-36)21-24-10-12-25(13-11-24)27-19-26-29(32-22-33-30(26)34-27)31-20-23-7-3-1-4-8-23/h1,3-4,7-8,10-13,19,22,39H,2,5-6,9,14-18,20-21H2,(H,35,38)(H2,31,32,33,34). The lowest BCUT2D eigenvalue weighted by atomic mass is 10.1. The van der Waals surface area contributed by atoms with Crippen molar-refractivity contribution in [3.8, 4) is 11.3 Å². The molecule has 1 amide bonds. The molecule has 39 heavy (non-hydrogen) atoms. The lowest BCUT2D eigenvalue weighted by Crippen LogP contribution is -2.46. The van der Waals surface area contributed by atoms with Gasteiger partial charge in [-0.3, -0.25) is 14.9 Å². The minimum absolute atomic E-state index is 0.298. The Hall–Kier alpha value is -3.79. The summed E-state index contributed by atoms with van der Waals surface area (Å²) in [5.41, 5.74) is 7.21. The number of hydroxylamine groups is 1. The zero-order valence-corrected chi connectivity index (χ0v) is 22.3. The third kappa shape index (κ3) is 7.41. The Morgan fingerprint density at radius 1 is 0.897 bits per heavy atom. The van der Waals surface area contributed by atoms with Crippen LogP contribution in [0.4, 0.5) is 5.82 Å². The van der Waals surface area contributed by atoms with Crippen LogP contribution in [0.1, 0.15) is 36.8 Å². The number of aromatic nitrogens is 3. The van der Waals surface area contributed by atoms with Crippen LogP contribution in [0.25, 0.3) is 22.3 Å². The molecule has 5 rings (SSSR count). The van der Waals surface area contributed by atoms with Gasteiger partial charge in [-0.1, -0.05) is 61.0 Å². The van der Waals surface area contributed by atoms with E-state index in [9.17, 15) is 4.79 Å². The topological polar surface area (TPSA) is 109 Å². The third-order valence-electron chi connectivity index (χ3n) is 7.37. The van der Waals surface area contributed by atoms with Crippen LogP contribution < -0.4 is 10.8 Å². The Labute approximate surface area is 229 Å². The molecule has 1 aliphatic rings.